The largest absolute Gasteiger partial charge is 0.496 e. The predicted molar refractivity (Wildman–Crippen MR) is 87.3 cm³/mol. The summed E-state index contributed by atoms with van der Waals surface area (Å²) in [4.78, 5) is 2.60. The van der Waals surface area contributed by atoms with Gasteiger partial charge in [0.1, 0.15) is 5.75 Å². The molecule has 1 aromatic rings. The van der Waals surface area contributed by atoms with Crippen molar-refractivity contribution < 1.29 is 4.74 Å². The minimum absolute atomic E-state index is 0.499. The number of halogens is 1. The van der Waals surface area contributed by atoms with E-state index in [0.717, 1.165) is 36.4 Å². The first kappa shape index (κ1) is 15.8. The molecule has 20 heavy (non-hydrogen) atoms. The van der Waals surface area contributed by atoms with Crippen molar-refractivity contribution in [3.05, 3.63) is 28.2 Å². The summed E-state index contributed by atoms with van der Waals surface area (Å²) < 4.78 is 6.38. The van der Waals surface area contributed by atoms with Gasteiger partial charge in [-0.15, -0.1) is 0 Å². The number of nitrogens with zero attached hydrogens (tertiary/aromatic N) is 1. The van der Waals surface area contributed by atoms with Crippen molar-refractivity contribution in [2.75, 3.05) is 33.3 Å². The van der Waals surface area contributed by atoms with Crippen molar-refractivity contribution in [3.63, 3.8) is 0 Å². The zero-order valence-electron chi connectivity index (χ0n) is 12.7. The van der Waals surface area contributed by atoms with E-state index in [-0.39, 0.29) is 0 Å². The Morgan fingerprint density at radius 1 is 1.30 bits per heavy atom. The van der Waals surface area contributed by atoms with Crippen molar-refractivity contribution in [3.8, 4) is 5.75 Å². The summed E-state index contributed by atoms with van der Waals surface area (Å²) in [5.41, 5.74) is 1.38. The molecule has 1 fully saturated rings. The highest BCUT2D eigenvalue weighted by Gasteiger charge is 2.23. The van der Waals surface area contributed by atoms with Gasteiger partial charge >= 0.3 is 0 Å². The molecule has 0 amide bonds. The molecule has 0 saturated carbocycles. The molecule has 112 valence electrons. The standard InChI is InChI=1S/C16H25BrN2O/c1-12(2)10-15(19-8-6-18-7-9-19)13-4-5-16(20-3)14(17)11-13/h4-5,11-12,15,18H,6-10H2,1-3H3/t15-/m1/s1. The second-order valence-electron chi connectivity index (χ2n) is 5.83. The lowest BCUT2D eigenvalue weighted by Crippen LogP contribution is -2.45. The van der Waals surface area contributed by atoms with E-state index in [2.05, 4.69) is 58.2 Å². The van der Waals surface area contributed by atoms with Gasteiger partial charge < -0.3 is 10.1 Å². The van der Waals surface area contributed by atoms with Gasteiger partial charge in [0.2, 0.25) is 0 Å². The van der Waals surface area contributed by atoms with E-state index in [0.29, 0.717) is 12.0 Å². The molecule has 1 saturated heterocycles. The molecule has 0 bridgehead atoms. The number of benzene rings is 1. The van der Waals surface area contributed by atoms with Crippen LogP contribution in [0.15, 0.2) is 22.7 Å². The minimum atomic E-state index is 0.499. The topological polar surface area (TPSA) is 24.5 Å². The smallest absolute Gasteiger partial charge is 0.133 e. The molecule has 1 atom stereocenters. The van der Waals surface area contributed by atoms with E-state index in [9.17, 15) is 0 Å². The van der Waals surface area contributed by atoms with E-state index in [4.69, 9.17) is 4.74 Å². The molecule has 0 aromatic heterocycles. The molecule has 0 radical (unpaired) electrons. The molecular weight excluding hydrogens is 316 g/mol. The highest BCUT2D eigenvalue weighted by Crippen LogP contribution is 2.33. The third-order valence-electron chi connectivity index (χ3n) is 3.85. The van der Waals surface area contributed by atoms with Gasteiger partial charge in [-0.1, -0.05) is 19.9 Å². The summed E-state index contributed by atoms with van der Waals surface area (Å²) in [6.07, 6.45) is 1.19. The van der Waals surface area contributed by atoms with E-state index < -0.39 is 0 Å². The average Bonchev–Trinajstić information content (AvgIpc) is 2.45. The zero-order valence-corrected chi connectivity index (χ0v) is 14.2. The maximum absolute atomic E-state index is 5.34. The molecule has 0 unspecified atom stereocenters. The first-order valence-electron chi connectivity index (χ1n) is 7.40. The molecule has 1 aromatic carbocycles. The Kier molecular flexibility index (Phi) is 5.87. The summed E-state index contributed by atoms with van der Waals surface area (Å²) in [6.45, 7) is 9.03. The van der Waals surface area contributed by atoms with Gasteiger partial charge in [-0.05, 0) is 46.0 Å². The van der Waals surface area contributed by atoms with Crippen molar-refractivity contribution in [2.24, 2.45) is 5.92 Å². The van der Waals surface area contributed by atoms with Gasteiger partial charge in [0.05, 0.1) is 11.6 Å². The molecule has 3 nitrogen and oxygen atoms in total. The molecule has 1 N–H and O–H groups in total. The van der Waals surface area contributed by atoms with E-state index in [1.54, 1.807) is 7.11 Å². The zero-order chi connectivity index (χ0) is 14.5. The van der Waals surface area contributed by atoms with Gasteiger partial charge in [0.25, 0.3) is 0 Å². The molecule has 1 aliphatic rings. The van der Waals surface area contributed by atoms with Crippen LogP contribution < -0.4 is 10.1 Å². The Morgan fingerprint density at radius 2 is 2.00 bits per heavy atom. The van der Waals surface area contributed by atoms with Crippen LogP contribution in [-0.2, 0) is 0 Å². The molecule has 0 aliphatic carbocycles. The fourth-order valence-electron chi connectivity index (χ4n) is 2.83. The van der Waals surface area contributed by atoms with Crippen LogP contribution in [0.4, 0.5) is 0 Å². The SMILES string of the molecule is COc1ccc([C@@H](CC(C)C)N2CCNCC2)cc1Br. The van der Waals surface area contributed by atoms with Crippen LogP contribution in [0, 0.1) is 5.92 Å². The first-order chi connectivity index (χ1) is 9.61. The Morgan fingerprint density at radius 3 is 2.55 bits per heavy atom. The van der Waals surface area contributed by atoms with Crippen molar-refractivity contribution >= 4 is 15.9 Å². The van der Waals surface area contributed by atoms with Gasteiger partial charge in [0.15, 0.2) is 0 Å². The number of ether oxygens (including phenoxy) is 1. The van der Waals surface area contributed by atoms with Crippen molar-refractivity contribution in [2.45, 2.75) is 26.3 Å². The fraction of sp³-hybridized carbons (Fsp3) is 0.625. The normalized spacial score (nSPS) is 18.2. The van der Waals surface area contributed by atoms with Crippen LogP contribution in [-0.4, -0.2) is 38.2 Å². The second kappa shape index (κ2) is 7.43. The average molecular weight is 341 g/mol. The molecule has 4 heteroatoms. The van der Waals surface area contributed by atoms with Crippen LogP contribution in [0.25, 0.3) is 0 Å². The number of rotatable bonds is 5. The summed E-state index contributed by atoms with van der Waals surface area (Å²) in [6, 6.07) is 6.99. The lowest BCUT2D eigenvalue weighted by Gasteiger charge is -2.36. The second-order valence-corrected chi connectivity index (χ2v) is 6.68. The van der Waals surface area contributed by atoms with Crippen LogP contribution in [0.1, 0.15) is 31.9 Å². The van der Waals surface area contributed by atoms with Gasteiger partial charge in [-0.2, -0.15) is 0 Å². The highest BCUT2D eigenvalue weighted by atomic mass is 79.9. The maximum atomic E-state index is 5.34. The third kappa shape index (κ3) is 3.96. The monoisotopic (exact) mass is 340 g/mol. The fourth-order valence-corrected chi connectivity index (χ4v) is 3.38. The molecule has 0 spiro atoms. The van der Waals surface area contributed by atoms with E-state index in [1.165, 1.54) is 12.0 Å². The third-order valence-corrected chi connectivity index (χ3v) is 4.47. The Hall–Kier alpha value is -0.580. The summed E-state index contributed by atoms with van der Waals surface area (Å²) in [5, 5.41) is 3.43. The highest BCUT2D eigenvalue weighted by molar-refractivity contribution is 9.10. The number of methoxy groups -OCH3 is 1. The Bertz CT molecular complexity index is 430. The summed E-state index contributed by atoms with van der Waals surface area (Å²) >= 11 is 3.61. The van der Waals surface area contributed by atoms with Gasteiger partial charge in [-0.3, -0.25) is 4.90 Å². The van der Waals surface area contributed by atoms with Crippen LogP contribution in [0.3, 0.4) is 0 Å². The molecule has 1 aliphatic heterocycles. The van der Waals surface area contributed by atoms with Crippen LogP contribution >= 0.6 is 15.9 Å². The van der Waals surface area contributed by atoms with Gasteiger partial charge in [0, 0.05) is 32.2 Å². The maximum Gasteiger partial charge on any atom is 0.133 e. The lowest BCUT2D eigenvalue weighted by molar-refractivity contribution is 0.154. The number of hydrogen-bond acceptors (Lipinski definition) is 3. The van der Waals surface area contributed by atoms with E-state index in [1.807, 2.05) is 0 Å². The predicted octanol–water partition coefficient (Wildman–Crippen LogP) is 3.45. The number of piperazine rings is 1. The quantitative estimate of drug-likeness (QED) is 0.888. The molecule has 1 heterocycles. The van der Waals surface area contributed by atoms with Crippen LogP contribution in [0.2, 0.25) is 0 Å². The number of hydrogen-bond donors (Lipinski definition) is 1. The Balaban J connectivity index is 2.22. The summed E-state index contributed by atoms with van der Waals surface area (Å²) in [7, 11) is 1.71. The summed E-state index contributed by atoms with van der Waals surface area (Å²) in [5.74, 6) is 1.59. The van der Waals surface area contributed by atoms with Crippen molar-refractivity contribution in [1.82, 2.24) is 10.2 Å². The molecule has 2 rings (SSSR count). The van der Waals surface area contributed by atoms with E-state index >= 15 is 0 Å². The first-order valence-corrected chi connectivity index (χ1v) is 8.19. The number of nitrogens with one attached hydrogen (secondary N) is 1. The lowest BCUT2D eigenvalue weighted by atomic mass is 9.95. The molecular formula is C16H25BrN2O. The Labute approximate surface area is 130 Å². The van der Waals surface area contributed by atoms with Crippen molar-refractivity contribution in [1.29, 1.82) is 0 Å². The van der Waals surface area contributed by atoms with Gasteiger partial charge in [-0.25, -0.2) is 0 Å². The minimum Gasteiger partial charge on any atom is -0.496 e. The van der Waals surface area contributed by atoms with Crippen LogP contribution in [0.5, 0.6) is 5.75 Å².